The van der Waals surface area contributed by atoms with Crippen molar-refractivity contribution in [2.75, 3.05) is 6.54 Å². The molecule has 17 heavy (non-hydrogen) atoms. The number of aromatic nitrogens is 2. The normalized spacial score (nSPS) is 11.3. The Balaban J connectivity index is 1.97. The van der Waals surface area contributed by atoms with Crippen molar-refractivity contribution in [2.45, 2.75) is 20.1 Å². The lowest BCUT2D eigenvalue weighted by atomic mass is 10.4. The highest BCUT2D eigenvalue weighted by atomic mass is 35.5. The van der Waals surface area contributed by atoms with Gasteiger partial charge in [-0.15, -0.1) is 11.3 Å². The van der Waals surface area contributed by atoms with Crippen molar-refractivity contribution >= 4 is 34.5 Å². The van der Waals surface area contributed by atoms with Gasteiger partial charge in [-0.3, -0.25) is 9.58 Å². The number of rotatable bonds is 5. The molecule has 0 fully saturated rings. The van der Waals surface area contributed by atoms with Crippen LogP contribution in [0.3, 0.4) is 0 Å². The summed E-state index contributed by atoms with van der Waals surface area (Å²) in [6.45, 7) is 4.69. The zero-order valence-electron chi connectivity index (χ0n) is 9.44. The van der Waals surface area contributed by atoms with Crippen LogP contribution in [-0.4, -0.2) is 21.2 Å². The molecule has 0 unspecified atom stereocenters. The molecule has 2 rings (SSSR count). The van der Waals surface area contributed by atoms with Crippen LogP contribution in [0.5, 0.6) is 0 Å². The maximum Gasteiger partial charge on any atom is 0.0932 e. The summed E-state index contributed by atoms with van der Waals surface area (Å²) in [5, 5.41) is 4.84. The molecule has 0 saturated carbocycles. The third kappa shape index (κ3) is 3.71. The summed E-state index contributed by atoms with van der Waals surface area (Å²) in [4.78, 5) is 3.53. The van der Waals surface area contributed by atoms with Gasteiger partial charge in [0.15, 0.2) is 0 Å². The van der Waals surface area contributed by atoms with Gasteiger partial charge >= 0.3 is 0 Å². The Morgan fingerprint density at radius 2 is 2.24 bits per heavy atom. The van der Waals surface area contributed by atoms with Crippen molar-refractivity contribution in [3.63, 3.8) is 0 Å². The fourth-order valence-electron chi connectivity index (χ4n) is 1.54. The van der Waals surface area contributed by atoms with Crippen LogP contribution in [0.2, 0.25) is 9.36 Å². The molecular weight excluding hydrogens is 277 g/mol. The third-order valence-corrected chi connectivity index (χ3v) is 3.81. The predicted octanol–water partition coefficient (Wildman–Crippen LogP) is 3.73. The lowest BCUT2D eigenvalue weighted by Gasteiger charge is -2.19. The monoisotopic (exact) mass is 289 g/mol. The largest absolute Gasteiger partial charge is 0.280 e. The van der Waals surface area contributed by atoms with Gasteiger partial charge in [0.05, 0.1) is 22.2 Å². The van der Waals surface area contributed by atoms with Crippen LogP contribution in [0, 0.1) is 0 Å². The zero-order chi connectivity index (χ0) is 12.3. The van der Waals surface area contributed by atoms with Gasteiger partial charge in [-0.05, 0) is 18.7 Å². The van der Waals surface area contributed by atoms with Gasteiger partial charge in [-0.25, -0.2) is 0 Å². The molecule has 0 saturated heterocycles. The van der Waals surface area contributed by atoms with E-state index in [-0.39, 0.29) is 0 Å². The molecule has 0 N–H and O–H groups in total. The Labute approximate surface area is 115 Å². The van der Waals surface area contributed by atoms with E-state index >= 15 is 0 Å². The van der Waals surface area contributed by atoms with E-state index in [1.54, 1.807) is 17.5 Å². The first kappa shape index (κ1) is 12.9. The van der Waals surface area contributed by atoms with E-state index in [1.807, 2.05) is 16.9 Å². The van der Waals surface area contributed by atoms with Gasteiger partial charge < -0.3 is 0 Å². The molecule has 92 valence electrons. The van der Waals surface area contributed by atoms with Crippen molar-refractivity contribution < 1.29 is 0 Å². The first-order valence-electron chi connectivity index (χ1n) is 5.32. The summed E-state index contributed by atoms with van der Waals surface area (Å²) in [6, 6.07) is 3.99. The summed E-state index contributed by atoms with van der Waals surface area (Å²) < 4.78 is 2.67. The standard InChI is InChI=1S/C11H13Cl2N3S/c1-2-15(7-10-3-4-11(13)17-10)8-16-6-9(12)5-14-16/h3-6H,2,7-8H2,1H3. The van der Waals surface area contributed by atoms with Crippen LogP contribution in [0.25, 0.3) is 0 Å². The van der Waals surface area contributed by atoms with Gasteiger partial charge in [0.25, 0.3) is 0 Å². The van der Waals surface area contributed by atoms with E-state index in [2.05, 4.69) is 23.0 Å². The lowest BCUT2D eigenvalue weighted by Crippen LogP contribution is -2.25. The molecule has 0 spiro atoms. The Morgan fingerprint density at radius 1 is 1.41 bits per heavy atom. The highest BCUT2D eigenvalue weighted by Gasteiger charge is 2.07. The average molecular weight is 290 g/mol. The summed E-state index contributed by atoms with van der Waals surface area (Å²) in [5.74, 6) is 0. The summed E-state index contributed by atoms with van der Waals surface area (Å²) >= 11 is 13.4. The van der Waals surface area contributed by atoms with Crippen molar-refractivity contribution in [2.24, 2.45) is 0 Å². The number of hydrogen-bond donors (Lipinski definition) is 0. The molecule has 0 radical (unpaired) electrons. The number of thiophene rings is 1. The molecule has 2 heterocycles. The van der Waals surface area contributed by atoms with Crippen LogP contribution in [0.1, 0.15) is 11.8 Å². The average Bonchev–Trinajstić information content (AvgIpc) is 2.87. The van der Waals surface area contributed by atoms with E-state index in [0.29, 0.717) is 5.02 Å². The molecule has 0 atom stereocenters. The van der Waals surface area contributed by atoms with Crippen LogP contribution in [0.4, 0.5) is 0 Å². The van der Waals surface area contributed by atoms with Crippen molar-refractivity contribution in [3.05, 3.63) is 38.8 Å². The minimum atomic E-state index is 0.667. The molecule has 0 aliphatic rings. The Hall–Kier alpha value is -0.550. The zero-order valence-corrected chi connectivity index (χ0v) is 11.8. The fourth-order valence-corrected chi connectivity index (χ4v) is 2.83. The molecular formula is C11H13Cl2N3S. The minimum Gasteiger partial charge on any atom is -0.280 e. The van der Waals surface area contributed by atoms with Crippen molar-refractivity contribution in [3.8, 4) is 0 Å². The predicted molar refractivity (Wildman–Crippen MR) is 72.7 cm³/mol. The van der Waals surface area contributed by atoms with E-state index in [9.17, 15) is 0 Å². The van der Waals surface area contributed by atoms with Crippen LogP contribution in [-0.2, 0) is 13.2 Å². The van der Waals surface area contributed by atoms with Gasteiger partial charge in [0.2, 0.25) is 0 Å². The Morgan fingerprint density at radius 3 is 2.76 bits per heavy atom. The van der Waals surface area contributed by atoms with Gasteiger partial charge in [0.1, 0.15) is 0 Å². The SMILES string of the molecule is CCN(Cc1ccc(Cl)s1)Cn1cc(Cl)cn1. The van der Waals surface area contributed by atoms with Gasteiger partial charge in [-0.1, -0.05) is 30.1 Å². The second kappa shape index (κ2) is 5.87. The molecule has 0 amide bonds. The summed E-state index contributed by atoms with van der Waals surface area (Å²) in [7, 11) is 0. The maximum absolute atomic E-state index is 5.92. The second-order valence-corrected chi connectivity index (χ2v) is 5.93. The van der Waals surface area contributed by atoms with Crippen LogP contribution < -0.4 is 0 Å². The molecule has 2 aromatic heterocycles. The maximum atomic E-state index is 5.92. The lowest BCUT2D eigenvalue weighted by molar-refractivity contribution is 0.211. The Kier molecular flexibility index (Phi) is 4.45. The summed E-state index contributed by atoms with van der Waals surface area (Å²) in [6.07, 6.45) is 3.48. The number of hydrogen-bond acceptors (Lipinski definition) is 3. The molecule has 0 aromatic carbocycles. The highest BCUT2D eigenvalue weighted by Crippen LogP contribution is 2.22. The Bertz CT molecular complexity index is 438. The van der Waals surface area contributed by atoms with Gasteiger partial charge in [-0.2, -0.15) is 5.10 Å². The molecule has 6 heteroatoms. The molecule has 3 nitrogen and oxygen atoms in total. The number of halogens is 2. The minimum absolute atomic E-state index is 0.667. The van der Waals surface area contributed by atoms with E-state index in [1.165, 1.54) is 4.88 Å². The quantitative estimate of drug-likeness (QED) is 0.836. The van der Waals surface area contributed by atoms with E-state index < -0.39 is 0 Å². The number of nitrogens with zero attached hydrogens (tertiary/aromatic N) is 3. The van der Waals surface area contributed by atoms with E-state index in [4.69, 9.17) is 23.2 Å². The molecule has 0 aliphatic heterocycles. The first-order chi connectivity index (χ1) is 8.17. The highest BCUT2D eigenvalue weighted by molar-refractivity contribution is 7.16. The smallest absolute Gasteiger partial charge is 0.0932 e. The fraction of sp³-hybridized carbons (Fsp3) is 0.364. The topological polar surface area (TPSA) is 21.1 Å². The van der Waals surface area contributed by atoms with Crippen molar-refractivity contribution in [1.82, 2.24) is 14.7 Å². The van der Waals surface area contributed by atoms with Gasteiger partial charge in [0, 0.05) is 17.6 Å². The first-order valence-corrected chi connectivity index (χ1v) is 6.89. The molecule has 0 aliphatic carbocycles. The second-order valence-electron chi connectivity index (χ2n) is 3.69. The third-order valence-electron chi connectivity index (χ3n) is 2.40. The summed E-state index contributed by atoms with van der Waals surface area (Å²) in [5.41, 5.74) is 0. The van der Waals surface area contributed by atoms with Crippen LogP contribution >= 0.6 is 34.5 Å². The van der Waals surface area contributed by atoms with Crippen LogP contribution in [0.15, 0.2) is 24.5 Å². The molecule has 2 aromatic rings. The molecule has 0 bridgehead atoms. The van der Waals surface area contributed by atoms with E-state index in [0.717, 1.165) is 24.1 Å². The van der Waals surface area contributed by atoms with Crippen molar-refractivity contribution in [1.29, 1.82) is 0 Å².